The Labute approximate surface area is 63.0 Å². The number of benzene rings is 1. The summed E-state index contributed by atoms with van der Waals surface area (Å²) in [6.07, 6.45) is 0. The molecule has 0 aromatic heterocycles. The molecule has 0 aliphatic rings. The van der Waals surface area contributed by atoms with E-state index >= 15 is 0 Å². The van der Waals surface area contributed by atoms with Gasteiger partial charge in [-0.05, 0) is 0 Å². The Balaban J connectivity index is 0.00000121. The lowest BCUT2D eigenvalue weighted by Crippen LogP contribution is -1.98. The largest absolute Gasteiger partial charge is 0.269 e. The van der Waals surface area contributed by atoms with Crippen LogP contribution >= 0.6 is 0 Å². The zero-order valence-corrected chi connectivity index (χ0v) is 5.38. The minimum absolute atomic E-state index is 0. The van der Waals surface area contributed by atoms with Crippen LogP contribution in [0.3, 0.4) is 0 Å². The van der Waals surface area contributed by atoms with Gasteiger partial charge in [0.05, 0.1) is 0 Å². The molecule has 12 heavy (non-hydrogen) atoms. The first-order chi connectivity index (χ1) is 5.04. The lowest BCUT2D eigenvalue weighted by atomic mass is 10.3. The molecule has 0 aliphatic carbocycles. The van der Waals surface area contributed by atoms with E-state index < -0.39 is 29.1 Å². The predicted octanol–water partition coefficient (Wildman–Crippen LogP) is 2.53. The Kier molecular flexibility index (Phi) is 3.12. The molecule has 68 valence electrons. The first-order valence-electron chi connectivity index (χ1n) is 2.52. The average Bonchev–Trinajstić information content (AvgIpc) is 1.97. The van der Waals surface area contributed by atoms with Crippen LogP contribution in [0.2, 0.25) is 0 Å². The van der Waals surface area contributed by atoms with Crippen LogP contribution < -0.4 is 0 Å². The molecule has 0 nitrogen and oxygen atoms in total. The zero-order valence-electron chi connectivity index (χ0n) is 5.38. The highest BCUT2D eigenvalue weighted by Crippen LogP contribution is 2.16. The highest BCUT2D eigenvalue weighted by atomic mass is 19.2. The van der Waals surface area contributed by atoms with Gasteiger partial charge >= 0.3 is 0 Å². The highest BCUT2D eigenvalue weighted by Gasteiger charge is 2.18. The fraction of sp³-hybridized carbons (Fsp3) is 0. The molecule has 0 saturated heterocycles. The molecule has 0 amide bonds. The maximum atomic E-state index is 12.0. The van der Waals surface area contributed by atoms with Crippen LogP contribution in [0.25, 0.3) is 0 Å². The van der Waals surface area contributed by atoms with Crippen molar-refractivity contribution in [1.82, 2.24) is 0 Å². The maximum absolute atomic E-state index is 12.0. The molecule has 0 spiro atoms. The molecule has 1 aromatic carbocycles. The fourth-order valence-corrected chi connectivity index (χ4v) is 0.544. The van der Waals surface area contributed by atoms with E-state index in [0.29, 0.717) is 0 Å². The Bertz CT molecular complexity index is 268. The highest BCUT2D eigenvalue weighted by molar-refractivity contribution is 5.12. The third-order valence-corrected chi connectivity index (χ3v) is 1.06. The van der Waals surface area contributed by atoms with Crippen LogP contribution in [0.15, 0.2) is 6.07 Å². The molecule has 1 rings (SSSR count). The van der Waals surface area contributed by atoms with E-state index in [9.17, 15) is 22.0 Å². The molecule has 6 heteroatoms. The smallest absolute Gasteiger partial charge is 0.200 e. The number of hydrogen-bond donors (Lipinski definition) is 0. The van der Waals surface area contributed by atoms with Crippen LogP contribution in [-0.2, 0) is 0 Å². The average molecular weight is 188 g/mol. The maximum Gasteiger partial charge on any atom is 0.200 e. The quantitative estimate of drug-likeness (QED) is 0.333. The topological polar surface area (TPSA) is 0 Å². The van der Waals surface area contributed by atoms with Crippen molar-refractivity contribution in [2.75, 3.05) is 0 Å². The molecule has 0 atom stereocenters. The number of halogens is 6. The lowest BCUT2D eigenvalue weighted by Gasteiger charge is -1.96. The van der Waals surface area contributed by atoms with Crippen LogP contribution in [0.5, 0.6) is 0 Å². The van der Waals surface area contributed by atoms with Crippen molar-refractivity contribution in [1.29, 1.82) is 0 Å². The number of hydrogen-bond acceptors (Lipinski definition) is 0. The Morgan fingerprint density at radius 2 is 1.00 bits per heavy atom. The molecule has 0 fully saturated rings. The number of rotatable bonds is 0. The second-order valence-electron chi connectivity index (χ2n) is 1.78. The molecule has 0 radical (unpaired) electrons. The molecule has 0 N–H and O–H groups in total. The molecular weight excluding hydrogens is 186 g/mol. The van der Waals surface area contributed by atoms with Gasteiger partial charge in [-0.25, -0.2) is 22.0 Å². The third-order valence-electron chi connectivity index (χ3n) is 1.06. The third kappa shape index (κ3) is 1.51. The van der Waals surface area contributed by atoms with E-state index in [1.165, 1.54) is 0 Å². The van der Waals surface area contributed by atoms with Crippen molar-refractivity contribution in [3.8, 4) is 0 Å². The summed E-state index contributed by atoms with van der Waals surface area (Å²) in [6, 6.07) is -0.0618. The van der Waals surface area contributed by atoms with Crippen LogP contribution in [-0.4, -0.2) is 0 Å². The predicted molar refractivity (Wildman–Crippen MR) is 28.7 cm³/mol. The van der Waals surface area contributed by atoms with Gasteiger partial charge in [-0.3, -0.25) is 4.70 Å². The van der Waals surface area contributed by atoms with Crippen molar-refractivity contribution in [2.24, 2.45) is 0 Å². The minimum atomic E-state index is -2.14. The fourth-order valence-electron chi connectivity index (χ4n) is 0.544. The Morgan fingerprint density at radius 3 is 1.33 bits per heavy atom. The molecule has 0 bridgehead atoms. The monoisotopic (exact) mass is 188 g/mol. The minimum Gasteiger partial charge on any atom is -0.269 e. The summed E-state index contributed by atoms with van der Waals surface area (Å²) in [4.78, 5) is 0. The molecule has 0 heterocycles. The van der Waals surface area contributed by atoms with Gasteiger partial charge in [0.25, 0.3) is 0 Å². The summed E-state index contributed by atoms with van der Waals surface area (Å²) >= 11 is 0. The van der Waals surface area contributed by atoms with Crippen LogP contribution in [0.4, 0.5) is 26.7 Å². The van der Waals surface area contributed by atoms with Gasteiger partial charge in [0.15, 0.2) is 23.3 Å². The summed E-state index contributed by atoms with van der Waals surface area (Å²) < 4.78 is 60.0. The standard InChI is InChI=1S/C6HF5.FH/c7-2-1-3(8)5(10)6(11)4(2)9;/h1H;1H. The Hall–Kier alpha value is -1.20. The molecule has 0 saturated carbocycles. The van der Waals surface area contributed by atoms with Gasteiger partial charge in [0.2, 0.25) is 5.82 Å². The second kappa shape index (κ2) is 3.46. The van der Waals surface area contributed by atoms with Crippen molar-refractivity contribution < 1.29 is 26.7 Å². The summed E-state index contributed by atoms with van der Waals surface area (Å²) in [5.41, 5.74) is 0. The summed E-state index contributed by atoms with van der Waals surface area (Å²) in [6.45, 7) is 0. The van der Waals surface area contributed by atoms with Crippen molar-refractivity contribution in [3.05, 3.63) is 35.2 Å². The summed E-state index contributed by atoms with van der Waals surface area (Å²) in [5, 5.41) is 0. The first kappa shape index (κ1) is 10.8. The molecular formula is C6H2F6. The SMILES string of the molecule is F.Fc1cc(F)c(F)c(F)c1F. The van der Waals surface area contributed by atoms with Gasteiger partial charge in [0, 0.05) is 6.07 Å². The van der Waals surface area contributed by atoms with Gasteiger partial charge in [0.1, 0.15) is 0 Å². The van der Waals surface area contributed by atoms with E-state index in [2.05, 4.69) is 0 Å². The van der Waals surface area contributed by atoms with Crippen molar-refractivity contribution in [2.45, 2.75) is 0 Å². The zero-order chi connectivity index (χ0) is 8.59. The van der Waals surface area contributed by atoms with Crippen molar-refractivity contribution in [3.63, 3.8) is 0 Å². The molecule has 1 aromatic rings. The summed E-state index contributed by atoms with van der Waals surface area (Å²) in [5.74, 6) is -9.65. The van der Waals surface area contributed by atoms with E-state index in [1.807, 2.05) is 0 Å². The van der Waals surface area contributed by atoms with Gasteiger partial charge in [-0.1, -0.05) is 0 Å². The Morgan fingerprint density at radius 1 is 0.667 bits per heavy atom. The van der Waals surface area contributed by atoms with Crippen molar-refractivity contribution >= 4 is 0 Å². The van der Waals surface area contributed by atoms with Gasteiger partial charge < -0.3 is 0 Å². The lowest BCUT2D eigenvalue weighted by molar-refractivity contribution is 0.378. The molecule has 0 unspecified atom stereocenters. The van der Waals surface area contributed by atoms with Crippen LogP contribution in [0.1, 0.15) is 0 Å². The van der Waals surface area contributed by atoms with E-state index in [-0.39, 0.29) is 10.8 Å². The molecule has 0 aliphatic heterocycles. The van der Waals surface area contributed by atoms with E-state index in [1.54, 1.807) is 0 Å². The van der Waals surface area contributed by atoms with Gasteiger partial charge in [-0.15, -0.1) is 0 Å². The second-order valence-corrected chi connectivity index (χ2v) is 1.78. The van der Waals surface area contributed by atoms with Crippen LogP contribution in [0, 0.1) is 29.1 Å². The summed E-state index contributed by atoms with van der Waals surface area (Å²) in [7, 11) is 0. The van der Waals surface area contributed by atoms with E-state index in [0.717, 1.165) is 0 Å². The first-order valence-corrected chi connectivity index (χ1v) is 2.52. The normalized spacial score (nSPS) is 9.42. The van der Waals surface area contributed by atoms with Gasteiger partial charge in [-0.2, -0.15) is 0 Å². The van der Waals surface area contributed by atoms with E-state index in [4.69, 9.17) is 0 Å².